The zero-order valence-electron chi connectivity index (χ0n) is 11.6. The summed E-state index contributed by atoms with van der Waals surface area (Å²) in [4.78, 5) is 8.17. The molecule has 0 amide bonds. The molecule has 0 aliphatic heterocycles. The Morgan fingerprint density at radius 1 is 1.05 bits per heavy atom. The molecule has 0 saturated heterocycles. The van der Waals surface area contributed by atoms with Gasteiger partial charge in [-0.25, -0.2) is 9.37 Å². The van der Waals surface area contributed by atoms with Gasteiger partial charge in [0.2, 0.25) is 0 Å². The minimum Gasteiger partial charge on any atom is -0.306 e. The average molecular weight is 318 g/mol. The van der Waals surface area contributed by atoms with Crippen LogP contribution in [0.1, 0.15) is 15.4 Å². The summed E-state index contributed by atoms with van der Waals surface area (Å²) in [6.45, 7) is 3.27. The van der Waals surface area contributed by atoms with Crippen molar-refractivity contribution in [2.45, 2.75) is 20.0 Å². The molecule has 0 atom stereocenters. The molecule has 21 heavy (non-hydrogen) atoms. The van der Waals surface area contributed by atoms with E-state index in [0.29, 0.717) is 18.7 Å². The lowest BCUT2D eigenvalue weighted by molar-refractivity contribution is 0.587. The van der Waals surface area contributed by atoms with E-state index in [9.17, 15) is 4.39 Å². The zero-order chi connectivity index (χ0) is 14.7. The summed E-state index contributed by atoms with van der Waals surface area (Å²) in [7, 11) is 0. The number of hydrogen-bond donors (Lipinski definition) is 1. The number of aromatic nitrogens is 1. The van der Waals surface area contributed by atoms with E-state index in [2.05, 4.69) is 29.4 Å². The van der Waals surface area contributed by atoms with Gasteiger partial charge in [-0.3, -0.25) is 0 Å². The summed E-state index contributed by atoms with van der Waals surface area (Å²) in [6, 6.07) is 11.1. The first-order valence-electron chi connectivity index (χ1n) is 6.68. The van der Waals surface area contributed by atoms with Crippen molar-refractivity contribution in [1.82, 2.24) is 10.3 Å². The molecule has 0 saturated carbocycles. The number of aryl methyl sites for hydroxylation is 1. The minimum atomic E-state index is -0.168. The lowest BCUT2D eigenvalue weighted by Gasteiger charge is -2.03. The second kappa shape index (κ2) is 6.47. The predicted molar refractivity (Wildman–Crippen MR) is 87.1 cm³/mol. The Labute approximate surface area is 131 Å². The number of halogens is 1. The number of nitrogens with zero attached hydrogens (tertiary/aromatic N) is 1. The van der Waals surface area contributed by atoms with E-state index in [1.807, 2.05) is 12.3 Å². The van der Waals surface area contributed by atoms with Crippen LogP contribution in [0.25, 0.3) is 9.75 Å². The van der Waals surface area contributed by atoms with E-state index in [4.69, 9.17) is 0 Å². The highest BCUT2D eigenvalue weighted by atomic mass is 32.1. The lowest BCUT2D eigenvalue weighted by atomic mass is 10.2. The quantitative estimate of drug-likeness (QED) is 0.743. The van der Waals surface area contributed by atoms with Gasteiger partial charge in [-0.15, -0.1) is 22.7 Å². The zero-order valence-corrected chi connectivity index (χ0v) is 13.2. The van der Waals surface area contributed by atoms with Gasteiger partial charge in [-0.1, -0.05) is 18.2 Å². The molecule has 1 aromatic carbocycles. The van der Waals surface area contributed by atoms with Crippen LogP contribution < -0.4 is 5.32 Å². The number of benzene rings is 1. The lowest BCUT2D eigenvalue weighted by Crippen LogP contribution is -2.13. The Hall–Kier alpha value is -1.56. The largest absolute Gasteiger partial charge is 0.306 e. The minimum absolute atomic E-state index is 0.168. The second-order valence-electron chi connectivity index (χ2n) is 4.72. The van der Waals surface area contributed by atoms with Gasteiger partial charge in [0.15, 0.2) is 0 Å². The van der Waals surface area contributed by atoms with Gasteiger partial charge in [0.05, 0.1) is 4.88 Å². The van der Waals surface area contributed by atoms with E-state index < -0.39 is 0 Å². The van der Waals surface area contributed by atoms with Crippen molar-refractivity contribution in [3.8, 4) is 9.75 Å². The maximum atomic E-state index is 13.5. The molecule has 2 heterocycles. The smallest absolute Gasteiger partial charge is 0.127 e. The molecule has 0 unspecified atom stereocenters. The second-order valence-corrected chi connectivity index (χ2v) is 7.13. The summed E-state index contributed by atoms with van der Waals surface area (Å²) in [5.74, 6) is -0.168. The molecule has 0 spiro atoms. The molecular weight excluding hydrogens is 303 g/mol. The standard InChI is InChI=1S/C16H15FN2S2/c1-11-6-7-14(20-11)15-9-19-16(21-15)10-18-8-12-4-2-3-5-13(12)17/h2-7,9,18H,8,10H2,1H3. The molecule has 5 heteroatoms. The molecular formula is C16H15FN2S2. The third-order valence-corrected chi connectivity index (χ3v) is 5.28. The molecule has 2 aromatic heterocycles. The highest BCUT2D eigenvalue weighted by Gasteiger charge is 2.07. The maximum absolute atomic E-state index is 13.5. The monoisotopic (exact) mass is 318 g/mol. The van der Waals surface area contributed by atoms with Crippen LogP contribution in [0.4, 0.5) is 4.39 Å². The maximum Gasteiger partial charge on any atom is 0.127 e. The predicted octanol–water partition coefficient (Wildman–Crippen LogP) is 4.61. The average Bonchev–Trinajstić information content (AvgIpc) is 3.10. The molecule has 0 aliphatic carbocycles. The van der Waals surface area contributed by atoms with Crippen molar-refractivity contribution in [3.63, 3.8) is 0 Å². The van der Waals surface area contributed by atoms with Crippen LogP contribution in [0.2, 0.25) is 0 Å². The first-order valence-corrected chi connectivity index (χ1v) is 8.31. The fourth-order valence-electron chi connectivity index (χ4n) is 2.02. The van der Waals surface area contributed by atoms with Gasteiger partial charge in [-0.05, 0) is 25.1 Å². The molecule has 108 valence electrons. The van der Waals surface area contributed by atoms with Crippen molar-refractivity contribution in [1.29, 1.82) is 0 Å². The molecule has 0 aliphatic rings. The van der Waals surface area contributed by atoms with Gasteiger partial charge >= 0.3 is 0 Å². The number of thiophene rings is 1. The Morgan fingerprint density at radius 3 is 2.67 bits per heavy atom. The summed E-state index contributed by atoms with van der Waals surface area (Å²) < 4.78 is 13.5. The first-order chi connectivity index (χ1) is 10.2. The van der Waals surface area contributed by atoms with Crippen molar-refractivity contribution < 1.29 is 4.39 Å². The van der Waals surface area contributed by atoms with Crippen LogP contribution in [0, 0.1) is 12.7 Å². The fraction of sp³-hybridized carbons (Fsp3) is 0.188. The Morgan fingerprint density at radius 2 is 1.90 bits per heavy atom. The van der Waals surface area contributed by atoms with E-state index >= 15 is 0 Å². The van der Waals surface area contributed by atoms with E-state index in [0.717, 1.165) is 5.01 Å². The van der Waals surface area contributed by atoms with Crippen LogP contribution in [-0.2, 0) is 13.1 Å². The van der Waals surface area contributed by atoms with E-state index in [1.54, 1.807) is 34.8 Å². The number of thiazole rings is 1. The molecule has 3 aromatic rings. The molecule has 1 N–H and O–H groups in total. The molecule has 2 nitrogen and oxygen atoms in total. The van der Waals surface area contributed by atoms with E-state index in [1.165, 1.54) is 20.7 Å². The van der Waals surface area contributed by atoms with Gasteiger partial charge in [-0.2, -0.15) is 0 Å². The van der Waals surface area contributed by atoms with Crippen LogP contribution in [0.5, 0.6) is 0 Å². The molecule has 3 rings (SSSR count). The van der Waals surface area contributed by atoms with Crippen molar-refractivity contribution >= 4 is 22.7 Å². The van der Waals surface area contributed by atoms with Crippen LogP contribution in [0.15, 0.2) is 42.6 Å². The summed E-state index contributed by atoms with van der Waals surface area (Å²) >= 11 is 3.46. The highest BCUT2D eigenvalue weighted by Crippen LogP contribution is 2.31. The summed E-state index contributed by atoms with van der Waals surface area (Å²) in [5.41, 5.74) is 0.683. The van der Waals surface area contributed by atoms with Crippen molar-refractivity contribution in [2.24, 2.45) is 0 Å². The third-order valence-electron chi connectivity index (χ3n) is 3.09. The van der Waals surface area contributed by atoms with Gasteiger partial charge < -0.3 is 5.32 Å². The number of rotatable bonds is 5. The Bertz CT molecular complexity index is 733. The third kappa shape index (κ3) is 3.56. The van der Waals surface area contributed by atoms with Gasteiger partial charge in [0, 0.05) is 34.6 Å². The Kier molecular flexibility index (Phi) is 4.43. The SMILES string of the molecule is Cc1ccc(-c2cnc(CNCc3ccccc3F)s2)s1. The van der Waals surface area contributed by atoms with Crippen LogP contribution >= 0.6 is 22.7 Å². The normalized spacial score (nSPS) is 11.0. The van der Waals surface area contributed by atoms with Crippen molar-refractivity contribution in [3.05, 3.63) is 63.9 Å². The highest BCUT2D eigenvalue weighted by molar-refractivity contribution is 7.21. The van der Waals surface area contributed by atoms with Gasteiger partial charge in [0.25, 0.3) is 0 Å². The van der Waals surface area contributed by atoms with E-state index in [-0.39, 0.29) is 5.82 Å². The molecule has 0 fully saturated rings. The number of hydrogen-bond acceptors (Lipinski definition) is 4. The summed E-state index contributed by atoms with van der Waals surface area (Å²) in [6.07, 6.45) is 1.91. The molecule has 0 radical (unpaired) electrons. The van der Waals surface area contributed by atoms with Crippen LogP contribution in [-0.4, -0.2) is 4.98 Å². The Balaban J connectivity index is 1.59. The van der Waals surface area contributed by atoms with Crippen LogP contribution in [0.3, 0.4) is 0 Å². The first kappa shape index (κ1) is 14.4. The topological polar surface area (TPSA) is 24.9 Å². The summed E-state index contributed by atoms with van der Waals surface area (Å²) in [5, 5.41) is 4.26. The molecule has 0 bridgehead atoms. The van der Waals surface area contributed by atoms with Gasteiger partial charge in [0.1, 0.15) is 10.8 Å². The fourth-order valence-corrected chi connectivity index (χ4v) is 3.85. The van der Waals surface area contributed by atoms with Crippen molar-refractivity contribution in [2.75, 3.05) is 0 Å². The number of nitrogens with one attached hydrogen (secondary N) is 1.